The third kappa shape index (κ3) is 10.0. The SMILES string of the molecule is CCCCOP(=S)(OCCCC)SCC(=O)O. The number of unbranched alkanes of at least 4 members (excludes halogenated alkanes) is 2. The van der Waals surface area contributed by atoms with Gasteiger partial charge in [0.05, 0.1) is 13.2 Å². The van der Waals surface area contributed by atoms with Gasteiger partial charge in [0.15, 0.2) is 0 Å². The molecule has 17 heavy (non-hydrogen) atoms. The Morgan fingerprint density at radius 1 is 1.24 bits per heavy atom. The molecule has 1 N–H and O–H groups in total. The molecule has 0 heterocycles. The fourth-order valence-electron chi connectivity index (χ4n) is 0.887. The molecule has 0 bridgehead atoms. The van der Waals surface area contributed by atoms with Crippen LogP contribution in [0.4, 0.5) is 0 Å². The number of carboxylic acids is 1. The van der Waals surface area contributed by atoms with Crippen molar-refractivity contribution in [3.8, 4) is 0 Å². The maximum atomic E-state index is 10.5. The van der Waals surface area contributed by atoms with Gasteiger partial charge in [-0.05, 0) is 24.6 Å². The molecule has 0 rings (SSSR count). The first kappa shape index (κ1) is 17.4. The van der Waals surface area contributed by atoms with Crippen LogP contribution in [0.15, 0.2) is 0 Å². The van der Waals surface area contributed by atoms with Gasteiger partial charge in [0.25, 0.3) is 0 Å². The molecule has 4 nitrogen and oxygen atoms in total. The van der Waals surface area contributed by atoms with Crippen LogP contribution in [0.2, 0.25) is 0 Å². The molecule has 0 saturated carbocycles. The molecule has 0 aliphatic carbocycles. The highest BCUT2D eigenvalue weighted by Crippen LogP contribution is 2.61. The van der Waals surface area contributed by atoms with E-state index < -0.39 is 11.7 Å². The fraction of sp³-hybridized carbons (Fsp3) is 0.900. The highest BCUT2D eigenvalue weighted by atomic mass is 32.9. The second kappa shape index (κ2) is 10.3. The van der Waals surface area contributed by atoms with Gasteiger partial charge in [-0.1, -0.05) is 38.1 Å². The molecule has 0 fully saturated rings. The number of aliphatic carboxylic acids is 1. The summed E-state index contributed by atoms with van der Waals surface area (Å²) in [6, 6.07) is 0. The van der Waals surface area contributed by atoms with Crippen molar-refractivity contribution in [2.24, 2.45) is 0 Å². The zero-order chi connectivity index (χ0) is 13.1. The van der Waals surface area contributed by atoms with Crippen LogP contribution in [0, 0.1) is 0 Å². The van der Waals surface area contributed by atoms with Gasteiger partial charge >= 0.3 is 5.97 Å². The van der Waals surface area contributed by atoms with Crippen LogP contribution in [0.3, 0.4) is 0 Å². The summed E-state index contributed by atoms with van der Waals surface area (Å²) in [5.74, 6) is -0.947. The minimum absolute atomic E-state index is 0.0600. The Bertz CT molecular complexity index is 247. The lowest BCUT2D eigenvalue weighted by molar-refractivity contribution is -0.133. The van der Waals surface area contributed by atoms with Crippen molar-refractivity contribution in [3.05, 3.63) is 0 Å². The molecular weight excluding hydrogens is 279 g/mol. The van der Waals surface area contributed by atoms with E-state index in [1.165, 1.54) is 0 Å². The van der Waals surface area contributed by atoms with Crippen molar-refractivity contribution < 1.29 is 18.9 Å². The van der Waals surface area contributed by atoms with E-state index in [0.717, 1.165) is 37.1 Å². The van der Waals surface area contributed by atoms with Crippen LogP contribution < -0.4 is 0 Å². The smallest absolute Gasteiger partial charge is 0.314 e. The van der Waals surface area contributed by atoms with Crippen LogP contribution in [0.5, 0.6) is 0 Å². The molecule has 102 valence electrons. The Morgan fingerprint density at radius 3 is 2.06 bits per heavy atom. The van der Waals surface area contributed by atoms with Gasteiger partial charge in [0, 0.05) is 0 Å². The molecule has 0 saturated heterocycles. The maximum absolute atomic E-state index is 10.5. The van der Waals surface area contributed by atoms with Crippen molar-refractivity contribution in [3.63, 3.8) is 0 Å². The third-order valence-corrected chi connectivity index (χ3v) is 7.08. The minimum Gasteiger partial charge on any atom is -0.481 e. The van der Waals surface area contributed by atoms with Gasteiger partial charge in [-0.15, -0.1) is 0 Å². The molecule has 0 aromatic carbocycles. The molecule has 0 radical (unpaired) electrons. The molecule has 0 aliphatic heterocycles. The summed E-state index contributed by atoms with van der Waals surface area (Å²) < 4.78 is 11.1. The van der Waals surface area contributed by atoms with Gasteiger partial charge in [0.1, 0.15) is 5.75 Å². The summed E-state index contributed by atoms with van der Waals surface area (Å²) in [4.78, 5) is 10.5. The Balaban J connectivity index is 4.14. The van der Waals surface area contributed by atoms with E-state index in [-0.39, 0.29) is 5.75 Å². The molecule has 0 spiro atoms. The molecule has 7 heteroatoms. The number of carboxylic acid groups (broad SMARTS) is 1. The van der Waals surface area contributed by atoms with Crippen molar-refractivity contribution >= 4 is 34.9 Å². The quantitative estimate of drug-likeness (QED) is 0.464. The van der Waals surface area contributed by atoms with E-state index >= 15 is 0 Å². The number of carbonyl (C=O) groups is 1. The standard InChI is InChI=1S/C10H21O4PS2/c1-3-5-7-13-15(16,14-8-6-4-2)17-9-10(11)12/h3-9H2,1-2H3,(H,11,12). The van der Waals surface area contributed by atoms with Crippen LogP contribution in [0.25, 0.3) is 0 Å². The summed E-state index contributed by atoms with van der Waals surface area (Å²) in [6.07, 6.45) is 3.88. The first-order chi connectivity index (χ1) is 8.04. The van der Waals surface area contributed by atoms with Gasteiger partial charge in [-0.25, -0.2) is 0 Å². The lowest BCUT2D eigenvalue weighted by atomic mass is 10.4. The Hall–Kier alpha value is 0.390. The normalized spacial score (nSPS) is 11.6. The van der Waals surface area contributed by atoms with Crippen molar-refractivity contribution in [2.45, 2.75) is 39.5 Å². The molecule has 0 atom stereocenters. The first-order valence-electron chi connectivity index (χ1n) is 5.79. The molecule has 0 aromatic rings. The Labute approximate surface area is 112 Å². The minimum atomic E-state index is -2.46. The van der Waals surface area contributed by atoms with Crippen molar-refractivity contribution in [2.75, 3.05) is 19.0 Å². The van der Waals surface area contributed by atoms with Crippen LogP contribution in [-0.2, 0) is 25.6 Å². The molecule has 0 amide bonds. The Morgan fingerprint density at radius 2 is 1.71 bits per heavy atom. The van der Waals surface area contributed by atoms with Crippen LogP contribution in [-0.4, -0.2) is 30.0 Å². The summed E-state index contributed by atoms with van der Waals surface area (Å²) >= 11 is 6.43. The van der Waals surface area contributed by atoms with Crippen molar-refractivity contribution in [1.82, 2.24) is 0 Å². The summed E-state index contributed by atoms with van der Waals surface area (Å²) in [6.45, 7) is 5.23. The first-order valence-corrected chi connectivity index (χ1v) is 10.0. The van der Waals surface area contributed by atoms with E-state index in [0.29, 0.717) is 13.2 Å². The monoisotopic (exact) mass is 300 g/mol. The largest absolute Gasteiger partial charge is 0.481 e. The van der Waals surface area contributed by atoms with Gasteiger partial charge in [-0.3, -0.25) is 4.79 Å². The van der Waals surface area contributed by atoms with E-state index in [4.69, 9.17) is 26.0 Å². The average molecular weight is 300 g/mol. The highest BCUT2D eigenvalue weighted by Gasteiger charge is 2.21. The summed E-state index contributed by atoms with van der Waals surface area (Å²) in [5.41, 5.74) is -2.46. The van der Waals surface area contributed by atoms with E-state index in [9.17, 15) is 4.79 Å². The molecule has 0 aromatic heterocycles. The number of hydrogen-bond donors (Lipinski definition) is 1. The zero-order valence-corrected chi connectivity index (χ0v) is 12.9. The molecule has 0 aliphatic rings. The van der Waals surface area contributed by atoms with E-state index in [1.807, 2.05) is 0 Å². The lowest BCUT2D eigenvalue weighted by Gasteiger charge is -2.20. The second-order valence-corrected chi connectivity index (χ2v) is 9.80. The zero-order valence-electron chi connectivity index (χ0n) is 10.4. The summed E-state index contributed by atoms with van der Waals surface area (Å²) in [5, 5.41) is 8.66. The van der Waals surface area contributed by atoms with E-state index in [2.05, 4.69) is 13.8 Å². The summed E-state index contributed by atoms with van der Waals surface area (Å²) in [7, 11) is 0. The number of hydrogen-bond acceptors (Lipinski definition) is 5. The predicted molar refractivity (Wildman–Crippen MR) is 76.1 cm³/mol. The highest BCUT2D eigenvalue weighted by molar-refractivity contribution is 8.68. The second-order valence-electron chi connectivity index (χ2n) is 3.49. The third-order valence-electron chi connectivity index (χ3n) is 1.84. The number of rotatable bonds is 11. The van der Waals surface area contributed by atoms with Crippen LogP contribution in [0.1, 0.15) is 39.5 Å². The predicted octanol–water partition coefficient (Wildman–Crippen LogP) is 3.66. The van der Waals surface area contributed by atoms with Crippen molar-refractivity contribution in [1.29, 1.82) is 0 Å². The molecular formula is C10H21O4PS2. The average Bonchev–Trinajstić information content (AvgIpc) is 2.27. The molecule has 0 unspecified atom stereocenters. The van der Waals surface area contributed by atoms with Gasteiger partial charge in [0.2, 0.25) is 5.69 Å². The van der Waals surface area contributed by atoms with Crippen LogP contribution >= 0.6 is 17.1 Å². The van der Waals surface area contributed by atoms with Gasteiger partial charge in [-0.2, -0.15) is 0 Å². The van der Waals surface area contributed by atoms with Gasteiger partial charge < -0.3 is 14.2 Å². The lowest BCUT2D eigenvalue weighted by Crippen LogP contribution is -2.02. The van der Waals surface area contributed by atoms with E-state index in [1.54, 1.807) is 0 Å². The Kier molecular flexibility index (Phi) is 10.6. The topological polar surface area (TPSA) is 55.8 Å². The fourth-order valence-corrected chi connectivity index (χ4v) is 4.71. The maximum Gasteiger partial charge on any atom is 0.314 e.